The van der Waals surface area contributed by atoms with Crippen LogP contribution < -0.4 is 5.73 Å². The highest BCUT2D eigenvalue weighted by Crippen LogP contribution is 2.43. The van der Waals surface area contributed by atoms with E-state index in [9.17, 15) is 0 Å². The Morgan fingerprint density at radius 2 is 1.22 bits per heavy atom. The van der Waals surface area contributed by atoms with Crippen molar-refractivity contribution in [2.45, 2.75) is 44.7 Å². The van der Waals surface area contributed by atoms with Crippen molar-refractivity contribution in [3.8, 4) is 22.5 Å². The molecule has 2 aromatic heterocycles. The number of unbranched alkanes of at least 4 members (excludes halogenated alkanes) is 1. The van der Waals surface area contributed by atoms with Crippen LogP contribution in [-0.2, 0) is 24.9 Å². The van der Waals surface area contributed by atoms with Crippen LogP contribution in [0.4, 0.5) is 0 Å². The Balaban J connectivity index is 1.31. The SMILES string of the molecule is CCCCc1nc(CCN)cn1Cc1ccc(-c2ccccc2-c2nnnn2C(c2ccccc2)(c2ccccc2)c2ccccc2)cc1. The highest BCUT2D eigenvalue weighted by molar-refractivity contribution is 5.81. The summed E-state index contributed by atoms with van der Waals surface area (Å²) in [6, 6.07) is 48.7. The highest BCUT2D eigenvalue weighted by Gasteiger charge is 2.42. The lowest BCUT2D eigenvalue weighted by Crippen LogP contribution is -2.39. The van der Waals surface area contributed by atoms with Crippen molar-refractivity contribution in [1.29, 1.82) is 0 Å². The quantitative estimate of drug-likeness (QED) is 0.129. The number of hydrogen-bond donors (Lipinski definition) is 1. The number of rotatable bonds is 13. The summed E-state index contributed by atoms with van der Waals surface area (Å²) in [6.07, 6.45) is 6.19. The standard InChI is InChI=1S/C42H41N7/c1-2-3-23-40-44-37(28-29-43)31-48(40)30-32-24-26-33(27-25-32)38-21-13-14-22-39(38)41-45-46-47-49(41)42(34-15-7-4-8-16-34,35-17-9-5-10-18-35)36-19-11-6-12-20-36/h4-22,24-27,31H,2-3,23,28-30,43H2,1H3. The van der Waals surface area contributed by atoms with Crippen LogP contribution in [0.15, 0.2) is 146 Å². The second-order valence-corrected chi connectivity index (χ2v) is 12.4. The minimum Gasteiger partial charge on any atom is -0.330 e. The third-order valence-electron chi connectivity index (χ3n) is 9.21. The molecule has 244 valence electrons. The van der Waals surface area contributed by atoms with Gasteiger partial charge in [0.15, 0.2) is 5.82 Å². The molecule has 7 aromatic rings. The molecule has 0 fully saturated rings. The van der Waals surface area contributed by atoms with E-state index < -0.39 is 5.54 Å². The minimum atomic E-state index is -0.831. The van der Waals surface area contributed by atoms with Gasteiger partial charge in [-0.2, -0.15) is 0 Å². The molecule has 0 spiro atoms. The van der Waals surface area contributed by atoms with Gasteiger partial charge in [-0.1, -0.05) is 153 Å². The first-order chi connectivity index (χ1) is 24.2. The van der Waals surface area contributed by atoms with E-state index >= 15 is 0 Å². The number of hydrogen-bond acceptors (Lipinski definition) is 5. The normalized spacial score (nSPS) is 11.6. The van der Waals surface area contributed by atoms with Gasteiger partial charge in [0.2, 0.25) is 0 Å². The predicted octanol–water partition coefficient (Wildman–Crippen LogP) is 7.94. The molecular weight excluding hydrogens is 603 g/mol. The molecule has 2 heterocycles. The first-order valence-electron chi connectivity index (χ1n) is 17.1. The molecule has 0 aliphatic heterocycles. The summed E-state index contributed by atoms with van der Waals surface area (Å²) < 4.78 is 4.28. The van der Waals surface area contributed by atoms with E-state index in [4.69, 9.17) is 21.0 Å². The van der Waals surface area contributed by atoms with E-state index in [0.29, 0.717) is 12.4 Å². The van der Waals surface area contributed by atoms with Crippen LogP contribution >= 0.6 is 0 Å². The lowest BCUT2D eigenvalue weighted by Gasteiger charge is -2.36. The lowest BCUT2D eigenvalue weighted by atomic mass is 9.77. The van der Waals surface area contributed by atoms with Gasteiger partial charge in [0.1, 0.15) is 11.4 Å². The molecule has 0 amide bonds. The van der Waals surface area contributed by atoms with Crippen molar-refractivity contribution >= 4 is 0 Å². The smallest absolute Gasteiger partial charge is 0.184 e. The van der Waals surface area contributed by atoms with E-state index in [-0.39, 0.29) is 0 Å². The average Bonchev–Trinajstić information content (AvgIpc) is 3.80. The fourth-order valence-electron chi connectivity index (χ4n) is 6.86. The number of aromatic nitrogens is 6. The first-order valence-corrected chi connectivity index (χ1v) is 17.1. The van der Waals surface area contributed by atoms with E-state index in [1.165, 1.54) is 5.56 Å². The zero-order valence-corrected chi connectivity index (χ0v) is 27.9. The van der Waals surface area contributed by atoms with Crippen molar-refractivity contribution in [3.63, 3.8) is 0 Å². The third kappa shape index (κ3) is 6.33. The predicted molar refractivity (Wildman–Crippen MR) is 196 cm³/mol. The van der Waals surface area contributed by atoms with E-state index in [1.54, 1.807) is 0 Å². The Morgan fingerprint density at radius 1 is 0.653 bits per heavy atom. The molecule has 0 aliphatic rings. The van der Waals surface area contributed by atoms with Gasteiger partial charge in [-0.05, 0) is 56.8 Å². The van der Waals surface area contributed by atoms with Gasteiger partial charge in [0.05, 0.1) is 5.69 Å². The molecule has 0 atom stereocenters. The fraction of sp³-hybridized carbons (Fsp3) is 0.190. The van der Waals surface area contributed by atoms with E-state index in [0.717, 1.165) is 77.1 Å². The Bertz CT molecular complexity index is 1990. The van der Waals surface area contributed by atoms with Gasteiger partial charge >= 0.3 is 0 Å². The topological polar surface area (TPSA) is 87.4 Å². The molecule has 0 saturated heterocycles. The van der Waals surface area contributed by atoms with Gasteiger partial charge in [0.25, 0.3) is 0 Å². The Hall–Kier alpha value is -5.66. The molecule has 7 nitrogen and oxygen atoms in total. The van der Waals surface area contributed by atoms with Gasteiger partial charge in [-0.3, -0.25) is 0 Å². The van der Waals surface area contributed by atoms with Crippen LogP contribution in [0.5, 0.6) is 0 Å². The Labute approximate surface area is 288 Å². The average molecular weight is 644 g/mol. The van der Waals surface area contributed by atoms with Crippen molar-refractivity contribution in [1.82, 2.24) is 29.8 Å². The molecule has 0 aliphatic carbocycles. The van der Waals surface area contributed by atoms with Gasteiger partial charge < -0.3 is 10.3 Å². The van der Waals surface area contributed by atoms with Crippen LogP contribution in [0.3, 0.4) is 0 Å². The summed E-state index contributed by atoms with van der Waals surface area (Å²) in [5.41, 5.74) is 13.6. The van der Waals surface area contributed by atoms with Gasteiger partial charge in [0, 0.05) is 31.1 Å². The van der Waals surface area contributed by atoms with Crippen molar-refractivity contribution in [2.24, 2.45) is 5.73 Å². The molecule has 0 unspecified atom stereocenters. The molecule has 7 heteroatoms. The summed E-state index contributed by atoms with van der Waals surface area (Å²) in [6.45, 7) is 3.59. The van der Waals surface area contributed by atoms with Crippen LogP contribution in [-0.4, -0.2) is 36.3 Å². The summed E-state index contributed by atoms with van der Waals surface area (Å²) in [5.74, 6) is 1.81. The molecule has 49 heavy (non-hydrogen) atoms. The Kier molecular flexibility index (Phi) is 9.53. The van der Waals surface area contributed by atoms with E-state index in [2.05, 4.69) is 144 Å². The molecule has 0 bridgehead atoms. The second kappa shape index (κ2) is 14.6. The third-order valence-corrected chi connectivity index (χ3v) is 9.21. The summed E-state index contributed by atoms with van der Waals surface area (Å²) in [5, 5.41) is 13.8. The highest BCUT2D eigenvalue weighted by atomic mass is 15.6. The molecular formula is C42H41N7. The molecule has 5 aromatic carbocycles. The molecule has 2 N–H and O–H groups in total. The first kappa shape index (κ1) is 31.9. The summed E-state index contributed by atoms with van der Waals surface area (Å²) >= 11 is 0. The van der Waals surface area contributed by atoms with E-state index in [1.807, 2.05) is 22.9 Å². The Morgan fingerprint density at radius 3 is 1.80 bits per heavy atom. The number of tetrazole rings is 1. The number of benzene rings is 5. The number of nitrogens with two attached hydrogens (primary N) is 1. The van der Waals surface area contributed by atoms with Crippen LogP contribution in [0.25, 0.3) is 22.5 Å². The molecule has 7 rings (SSSR count). The largest absolute Gasteiger partial charge is 0.330 e. The summed E-state index contributed by atoms with van der Waals surface area (Å²) in [4.78, 5) is 4.89. The van der Waals surface area contributed by atoms with Crippen LogP contribution in [0.2, 0.25) is 0 Å². The zero-order chi connectivity index (χ0) is 33.5. The second-order valence-electron chi connectivity index (χ2n) is 12.4. The van der Waals surface area contributed by atoms with Crippen molar-refractivity contribution < 1.29 is 0 Å². The molecule has 0 saturated carbocycles. The monoisotopic (exact) mass is 643 g/mol. The molecule has 0 radical (unpaired) electrons. The van der Waals surface area contributed by atoms with Crippen molar-refractivity contribution in [2.75, 3.05) is 6.54 Å². The van der Waals surface area contributed by atoms with Crippen molar-refractivity contribution in [3.05, 3.63) is 179 Å². The maximum absolute atomic E-state index is 5.85. The lowest BCUT2D eigenvalue weighted by molar-refractivity contribution is 0.451. The summed E-state index contributed by atoms with van der Waals surface area (Å²) in [7, 11) is 0. The van der Waals surface area contributed by atoms with Crippen LogP contribution in [0.1, 0.15) is 53.5 Å². The zero-order valence-electron chi connectivity index (χ0n) is 27.9. The minimum absolute atomic E-state index is 0.602. The van der Waals surface area contributed by atoms with Crippen LogP contribution in [0, 0.1) is 0 Å². The maximum Gasteiger partial charge on any atom is 0.184 e. The van der Waals surface area contributed by atoms with Gasteiger partial charge in [-0.15, -0.1) is 5.10 Å². The maximum atomic E-state index is 5.85. The fourth-order valence-corrected chi connectivity index (χ4v) is 6.86. The number of aryl methyl sites for hydroxylation is 1. The van der Waals surface area contributed by atoms with Gasteiger partial charge in [-0.25, -0.2) is 9.67 Å². The number of imidazole rings is 1. The number of nitrogens with zero attached hydrogens (tertiary/aromatic N) is 6.